The van der Waals surface area contributed by atoms with Crippen molar-refractivity contribution >= 4 is 34.0 Å². The molecule has 29 heavy (non-hydrogen) atoms. The number of aryl methyl sites for hydroxylation is 3. The molecule has 1 N–H and O–H groups in total. The van der Waals surface area contributed by atoms with Gasteiger partial charge in [0.05, 0.1) is 12.3 Å². The topological polar surface area (TPSA) is 51.2 Å². The van der Waals surface area contributed by atoms with Gasteiger partial charge in [0, 0.05) is 22.4 Å². The SMILES string of the molecule is CCc1ccc(-c2csc(NC(=O)CCCOc3cc(C)c(Cl)c(C)c3)n2)cc1. The molecule has 1 aromatic heterocycles. The van der Waals surface area contributed by atoms with Crippen LogP contribution in [0.1, 0.15) is 36.5 Å². The van der Waals surface area contributed by atoms with Crippen molar-refractivity contribution < 1.29 is 9.53 Å². The Hall–Kier alpha value is -2.37. The molecule has 1 heterocycles. The number of nitrogens with zero attached hydrogens (tertiary/aromatic N) is 1. The van der Waals surface area contributed by atoms with E-state index in [9.17, 15) is 4.79 Å². The third kappa shape index (κ3) is 5.81. The summed E-state index contributed by atoms with van der Waals surface area (Å²) in [6.07, 6.45) is 2.02. The van der Waals surface area contributed by atoms with Gasteiger partial charge in [0.2, 0.25) is 5.91 Å². The van der Waals surface area contributed by atoms with Crippen molar-refractivity contribution in [2.75, 3.05) is 11.9 Å². The van der Waals surface area contributed by atoms with Crippen LogP contribution in [0, 0.1) is 13.8 Å². The first-order valence-corrected chi connectivity index (χ1v) is 11.0. The van der Waals surface area contributed by atoms with Crippen LogP contribution in [0.25, 0.3) is 11.3 Å². The first kappa shape index (κ1) is 21.3. The van der Waals surface area contributed by atoms with Gasteiger partial charge in [-0.15, -0.1) is 11.3 Å². The van der Waals surface area contributed by atoms with Gasteiger partial charge in [-0.25, -0.2) is 4.98 Å². The Labute approximate surface area is 180 Å². The number of thiazole rings is 1. The molecule has 0 saturated heterocycles. The van der Waals surface area contributed by atoms with Gasteiger partial charge in [0.25, 0.3) is 0 Å². The lowest BCUT2D eigenvalue weighted by molar-refractivity contribution is -0.116. The maximum Gasteiger partial charge on any atom is 0.226 e. The summed E-state index contributed by atoms with van der Waals surface area (Å²) in [5.41, 5.74) is 5.21. The van der Waals surface area contributed by atoms with E-state index >= 15 is 0 Å². The van der Waals surface area contributed by atoms with Crippen LogP contribution in [-0.2, 0) is 11.2 Å². The van der Waals surface area contributed by atoms with Gasteiger partial charge in [-0.3, -0.25) is 4.79 Å². The summed E-state index contributed by atoms with van der Waals surface area (Å²) >= 11 is 7.61. The molecule has 0 aliphatic carbocycles. The van der Waals surface area contributed by atoms with E-state index in [1.807, 2.05) is 31.4 Å². The molecule has 0 bridgehead atoms. The summed E-state index contributed by atoms with van der Waals surface area (Å²) < 4.78 is 5.75. The minimum absolute atomic E-state index is 0.0562. The largest absolute Gasteiger partial charge is 0.494 e. The molecule has 0 radical (unpaired) electrons. The molecule has 3 rings (SSSR count). The maximum atomic E-state index is 12.2. The number of anilines is 1. The van der Waals surface area contributed by atoms with Crippen molar-refractivity contribution in [2.45, 2.75) is 40.0 Å². The fraction of sp³-hybridized carbons (Fsp3) is 0.304. The molecule has 0 spiro atoms. The zero-order valence-corrected chi connectivity index (χ0v) is 18.5. The van der Waals surface area contributed by atoms with Crippen molar-refractivity contribution in [3.8, 4) is 17.0 Å². The lowest BCUT2D eigenvalue weighted by atomic mass is 10.1. The van der Waals surface area contributed by atoms with E-state index < -0.39 is 0 Å². The second-order valence-electron chi connectivity index (χ2n) is 6.96. The van der Waals surface area contributed by atoms with Gasteiger partial charge >= 0.3 is 0 Å². The normalized spacial score (nSPS) is 10.8. The summed E-state index contributed by atoms with van der Waals surface area (Å²) in [4.78, 5) is 16.7. The number of carbonyl (C=O) groups is 1. The van der Waals surface area contributed by atoms with Crippen molar-refractivity contribution in [2.24, 2.45) is 0 Å². The van der Waals surface area contributed by atoms with E-state index in [4.69, 9.17) is 16.3 Å². The zero-order chi connectivity index (χ0) is 20.8. The highest BCUT2D eigenvalue weighted by atomic mass is 35.5. The highest BCUT2D eigenvalue weighted by Gasteiger charge is 2.09. The third-order valence-corrected chi connectivity index (χ3v) is 5.99. The minimum atomic E-state index is -0.0562. The van der Waals surface area contributed by atoms with Crippen LogP contribution in [0.3, 0.4) is 0 Å². The molecule has 0 atom stereocenters. The average molecular weight is 429 g/mol. The molecule has 0 fully saturated rings. The first-order chi connectivity index (χ1) is 14.0. The van der Waals surface area contributed by atoms with E-state index in [1.54, 1.807) is 0 Å². The lowest BCUT2D eigenvalue weighted by Crippen LogP contribution is -2.12. The molecular formula is C23H25ClN2O2S. The molecule has 0 aliphatic heterocycles. The number of ether oxygens (including phenoxy) is 1. The number of hydrogen-bond donors (Lipinski definition) is 1. The Morgan fingerprint density at radius 3 is 2.52 bits per heavy atom. The van der Waals surface area contributed by atoms with Crippen molar-refractivity contribution in [1.29, 1.82) is 0 Å². The fourth-order valence-electron chi connectivity index (χ4n) is 2.97. The summed E-state index contributed by atoms with van der Waals surface area (Å²) in [5, 5.41) is 6.22. The van der Waals surface area contributed by atoms with Gasteiger partial charge in [0.15, 0.2) is 5.13 Å². The molecule has 6 heteroatoms. The molecule has 0 saturated carbocycles. The number of benzene rings is 2. The quantitative estimate of drug-likeness (QED) is 0.420. The molecule has 3 aromatic rings. The number of amides is 1. The van der Waals surface area contributed by atoms with Gasteiger partial charge in [-0.05, 0) is 55.5 Å². The number of carbonyl (C=O) groups excluding carboxylic acids is 1. The standard InChI is InChI=1S/C23H25ClN2O2S/c1-4-17-7-9-18(10-8-17)20-14-29-23(25-20)26-21(27)6-5-11-28-19-12-15(2)22(24)16(3)13-19/h7-10,12-14H,4-6,11H2,1-3H3,(H,25,26,27). The smallest absolute Gasteiger partial charge is 0.226 e. The van der Waals surface area contributed by atoms with Gasteiger partial charge in [-0.2, -0.15) is 0 Å². The predicted molar refractivity (Wildman–Crippen MR) is 121 cm³/mol. The molecule has 4 nitrogen and oxygen atoms in total. The van der Waals surface area contributed by atoms with Crippen LogP contribution in [0.4, 0.5) is 5.13 Å². The number of aromatic nitrogens is 1. The zero-order valence-electron chi connectivity index (χ0n) is 16.9. The predicted octanol–water partition coefficient (Wildman–Crippen LogP) is 6.44. The second-order valence-corrected chi connectivity index (χ2v) is 8.20. The van der Waals surface area contributed by atoms with Crippen LogP contribution >= 0.6 is 22.9 Å². The second kappa shape index (κ2) is 9.90. The monoisotopic (exact) mass is 428 g/mol. The Morgan fingerprint density at radius 2 is 1.86 bits per heavy atom. The number of hydrogen-bond acceptors (Lipinski definition) is 4. The highest BCUT2D eigenvalue weighted by Crippen LogP contribution is 2.27. The van der Waals surface area contributed by atoms with Crippen LogP contribution < -0.4 is 10.1 Å². The Morgan fingerprint density at radius 1 is 1.17 bits per heavy atom. The van der Waals surface area contributed by atoms with E-state index in [0.717, 1.165) is 39.6 Å². The van der Waals surface area contributed by atoms with Crippen LogP contribution in [-0.4, -0.2) is 17.5 Å². The molecule has 1 amide bonds. The Kier molecular flexibility index (Phi) is 7.29. The van der Waals surface area contributed by atoms with E-state index in [-0.39, 0.29) is 5.91 Å². The first-order valence-electron chi connectivity index (χ1n) is 9.70. The molecule has 152 valence electrons. The summed E-state index contributed by atoms with van der Waals surface area (Å²) in [7, 11) is 0. The van der Waals surface area contributed by atoms with Crippen LogP contribution in [0.15, 0.2) is 41.8 Å². The van der Waals surface area contributed by atoms with Gasteiger partial charge in [0.1, 0.15) is 5.75 Å². The van der Waals surface area contributed by atoms with Crippen molar-refractivity contribution in [3.63, 3.8) is 0 Å². The van der Waals surface area contributed by atoms with Crippen LogP contribution in [0.5, 0.6) is 5.75 Å². The fourth-order valence-corrected chi connectivity index (χ4v) is 3.81. The summed E-state index contributed by atoms with van der Waals surface area (Å²) in [5.74, 6) is 0.725. The summed E-state index contributed by atoms with van der Waals surface area (Å²) in [6.45, 7) is 6.51. The number of nitrogens with one attached hydrogen (secondary N) is 1. The van der Waals surface area contributed by atoms with Gasteiger partial charge < -0.3 is 10.1 Å². The lowest BCUT2D eigenvalue weighted by Gasteiger charge is -2.09. The highest BCUT2D eigenvalue weighted by molar-refractivity contribution is 7.14. The summed E-state index contributed by atoms with van der Waals surface area (Å²) in [6, 6.07) is 12.2. The van der Waals surface area contributed by atoms with Crippen LogP contribution in [0.2, 0.25) is 5.02 Å². The third-order valence-electron chi connectivity index (χ3n) is 4.64. The van der Waals surface area contributed by atoms with E-state index in [1.165, 1.54) is 16.9 Å². The average Bonchev–Trinajstić information content (AvgIpc) is 3.17. The van der Waals surface area contributed by atoms with Crippen molar-refractivity contribution in [3.05, 3.63) is 63.5 Å². The number of halogens is 1. The minimum Gasteiger partial charge on any atom is -0.494 e. The number of rotatable bonds is 8. The maximum absolute atomic E-state index is 12.2. The van der Waals surface area contributed by atoms with Crippen molar-refractivity contribution in [1.82, 2.24) is 4.98 Å². The van der Waals surface area contributed by atoms with E-state index in [0.29, 0.717) is 24.6 Å². The Balaban J connectivity index is 1.45. The van der Waals surface area contributed by atoms with E-state index in [2.05, 4.69) is 41.5 Å². The molecular weight excluding hydrogens is 404 g/mol. The Bertz CT molecular complexity index is 960. The molecule has 0 aliphatic rings. The molecule has 2 aromatic carbocycles. The van der Waals surface area contributed by atoms with Gasteiger partial charge in [-0.1, -0.05) is 42.8 Å². The molecule has 0 unspecified atom stereocenters.